The minimum atomic E-state index is 0.791. The van der Waals surface area contributed by atoms with Gasteiger partial charge < -0.3 is 19.3 Å². The molecule has 2 fully saturated rings. The van der Waals surface area contributed by atoms with Gasteiger partial charge in [-0.1, -0.05) is 24.3 Å². The van der Waals surface area contributed by atoms with Crippen LogP contribution in [0.3, 0.4) is 0 Å². The zero-order valence-corrected chi connectivity index (χ0v) is 18.6. The van der Waals surface area contributed by atoms with Crippen LogP contribution in [0.4, 0.5) is 0 Å². The molecule has 4 nitrogen and oxygen atoms in total. The van der Waals surface area contributed by atoms with Crippen LogP contribution in [0, 0.1) is 11.8 Å². The molecule has 2 saturated heterocycles. The number of hydrogen-bond acceptors (Lipinski definition) is 4. The summed E-state index contributed by atoms with van der Waals surface area (Å²) in [6.45, 7) is 7.43. The van der Waals surface area contributed by atoms with E-state index in [2.05, 4.69) is 58.3 Å². The van der Waals surface area contributed by atoms with Gasteiger partial charge in [-0.05, 0) is 86.0 Å². The van der Waals surface area contributed by atoms with Crippen molar-refractivity contribution in [3.8, 4) is 11.5 Å². The van der Waals surface area contributed by atoms with Gasteiger partial charge >= 0.3 is 0 Å². The van der Waals surface area contributed by atoms with Crippen LogP contribution in [0.2, 0.25) is 0 Å². The summed E-state index contributed by atoms with van der Waals surface area (Å²) in [5.74, 6) is 3.48. The molecule has 0 bridgehead atoms. The summed E-state index contributed by atoms with van der Waals surface area (Å²) in [5, 5.41) is 0. The van der Waals surface area contributed by atoms with Crippen molar-refractivity contribution in [2.75, 3.05) is 53.5 Å². The molecule has 2 atom stereocenters. The summed E-state index contributed by atoms with van der Waals surface area (Å²) < 4.78 is 10.5. The fourth-order valence-electron chi connectivity index (χ4n) is 5.04. The van der Waals surface area contributed by atoms with Gasteiger partial charge in [-0.2, -0.15) is 0 Å². The first kappa shape index (κ1) is 21.2. The lowest BCUT2D eigenvalue weighted by Crippen LogP contribution is -2.33. The van der Waals surface area contributed by atoms with E-state index in [0.717, 1.165) is 23.3 Å². The molecule has 0 radical (unpaired) electrons. The van der Waals surface area contributed by atoms with Crippen LogP contribution in [0.25, 0.3) is 0 Å². The molecule has 0 amide bonds. The second-order valence-electron chi connectivity index (χ2n) is 9.02. The number of likely N-dealkylation sites (tertiary alicyclic amines) is 2. The Hall–Kier alpha value is -2.04. The van der Waals surface area contributed by atoms with Gasteiger partial charge in [-0.15, -0.1) is 0 Å². The zero-order chi connectivity index (χ0) is 20.8. The molecule has 162 valence electrons. The molecule has 4 rings (SSSR count). The third kappa shape index (κ3) is 5.77. The summed E-state index contributed by atoms with van der Waals surface area (Å²) in [6.07, 6.45) is 5.03. The van der Waals surface area contributed by atoms with Crippen molar-refractivity contribution >= 4 is 0 Å². The monoisotopic (exact) mass is 408 g/mol. The van der Waals surface area contributed by atoms with E-state index < -0.39 is 0 Å². The van der Waals surface area contributed by atoms with Gasteiger partial charge in [-0.3, -0.25) is 0 Å². The van der Waals surface area contributed by atoms with E-state index in [9.17, 15) is 0 Å². The predicted molar refractivity (Wildman–Crippen MR) is 122 cm³/mol. The molecule has 2 unspecified atom stereocenters. The van der Waals surface area contributed by atoms with Gasteiger partial charge in [0.15, 0.2) is 0 Å². The number of benzene rings is 2. The first-order valence-corrected chi connectivity index (χ1v) is 11.4. The Balaban J connectivity index is 1.15. The van der Waals surface area contributed by atoms with Crippen LogP contribution in [0.5, 0.6) is 11.5 Å². The van der Waals surface area contributed by atoms with Crippen molar-refractivity contribution in [1.82, 2.24) is 9.80 Å². The Bertz CT molecular complexity index is 707. The largest absolute Gasteiger partial charge is 0.497 e. The van der Waals surface area contributed by atoms with Crippen molar-refractivity contribution in [3.05, 3.63) is 59.7 Å². The molecule has 0 aliphatic carbocycles. The lowest BCUT2D eigenvalue weighted by molar-refractivity contribution is 0.246. The second-order valence-corrected chi connectivity index (χ2v) is 9.02. The summed E-state index contributed by atoms with van der Waals surface area (Å²) in [6, 6.07) is 17.2. The van der Waals surface area contributed by atoms with E-state index in [4.69, 9.17) is 9.47 Å². The van der Waals surface area contributed by atoms with Gasteiger partial charge in [0, 0.05) is 26.2 Å². The number of rotatable bonds is 9. The number of hydrogen-bond donors (Lipinski definition) is 0. The SMILES string of the molecule is COc1ccc(CC2CCN(CCN3CCC(Cc4ccc(OC)cc4)C3)C2)cc1. The Kier molecular flexibility index (Phi) is 7.29. The molecule has 2 heterocycles. The molecular formula is C26H36N2O2. The highest BCUT2D eigenvalue weighted by molar-refractivity contribution is 5.28. The number of ether oxygens (including phenoxy) is 2. The van der Waals surface area contributed by atoms with Gasteiger partial charge in [0.05, 0.1) is 14.2 Å². The molecule has 0 aromatic heterocycles. The quantitative estimate of drug-likeness (QED) is 0.623. The van der Waals surface area contributed by atoms with E-state index in [1.165, 1.54) is 76.1 Å². The van der Waals surface area contributed by atoms with Crippen LogP contribution in [0.15, 0.2) is 48.5 Å². The third-order valence-corrected chi connectivity index (χ3v) is 6.84. The fourth-order valence-corrected chi connectivity index (χ4v) is 5.04. The van der Waals surface area contributed by atoms with E-state index in [0.29, 0.717) is 0 Å². The second kappa shape index (κ2) is 10.3. The van der Waals surface area contributed by atoms with Crippen molar-refractivity contribution in [3.63, 3.8) is 0 Å². The average molecular weight is 409 g/mol. The molecule has 30 heavy (non-hydrogen) atoms. The maximum atomic E-state index is 5.27. The Morgan fingerprint density at radius 3 is 1.43 bits per heavy atom. The van der Waals surface area contributed by atoms with Gasteiger partial charge in [0.25, 0.3) is 0 Å². The molecule has 2 aliphatic rings. The first-order chi connectivity index (χ1) is 14.7. The van der Waals surface area contributed by atoms with E-state index in [1.807, 2.05) is 0 Å². The predicted octanol–water partition coefficient (Wildman–Crippen LogP) is 4.13. The van der Waals surface area contributed by atoms with Gasteiger partial charge in [0.2, 0.25) is 0 Å². The molecule has 0 saturated carbocycles. The van der Waals surface area contributed by atoms with Crippen LogP contribution >= 0.6 is 0 Å². The molecule has 2 aromatic rings. The zero-order valence-electron chi connectivity index (χ0n) is 18.6. The lowest BCUT2D eigenvalue weighted by atomic mass is 9.99. The maximum Gasteiger partial charge on any atom is 0.118 e. The van der Waals surface area contributed by atoms with Crippen LogP contribution in [-0.4, -0.2) is 63.3 Å². The molecule has 4 heteroatoms. The van der Waals surface area contributed by atoms with Crippen LogP contribution in [-0.2, 0) is 12.8 Å². The van der Waals surface area contributed by atoms with Crippen molar-refractivity contribution in [1.29, 1.82) is 0 Å². The fraction of sp³-hybridized carbons (Fsp3) is 0.538. The Morgan fingerprint density at radius 2 is 1.07 bits per heavy atom. The van der Waals surface area contributed by atoms with Crippen molar-refractivity contribution in [2.45, 2.75) is 25.7 Å². The summed E-state index contributed by atoms with van der Waals surface area (Å²) >= 11 is 0. The highest BCUT2D eigenvalue weighted by atomic mass is 16.5. The highest BCUT2D eigenvalue weighted by Gasteiger charge is 2.26. The minimum Gasteiger partial charge on any atom is -0.497 e. The number of nitrogens with zero attached hydrogens (tertiary/aromatic N) is 2. The summed E-state index contributed by atoms with van der Waals surface area (Å²) in [5.41, 5.74) is 2.87. The van der Waals surface area contributed by atoms with Gasteiger partial charge in [0.1, 0.15) is 11.5 Å². The highest BCUT2D eigenvalue weighted by Crippen LogP contribution is 2.24. The minimum absolute atomic E-state index is 0.791. The van der Waals surface area contributed by atoms with E-state index >= 15 is 0 Å². The topological polar surface area (TPSA) is 24.9 Å². The molecular weight excluding hydrogens is 372 g/mol. The van der Waals surface area contributed by atoms with Crippen LogP contribution in [0.1, 0.15) is 24.0 Å². The van der Waals surface area contributed by atoms with Crippen molar-refractivity contribution in [2.24, 2.45) is 11.8 Å². The van der Waals surface area contributed by atoms with Gasteiger partial charge in [-0.25, -0.2) is 0 Å². The first-order valence-electron chi connectivity index (χ1n) is 11.4. The average Bonchev–Trinajstić information content (AvgIpc) is 3.42. The maximum absolute atomic E-state index is 5.27. The normalized spacial score (nSPS) is 22.5. The molecule has 0 N–H and O–H groups in total. The van der Waals surface area contributed by atoms with Crippen LogP contribution < -0.4 is 9.47 Å². The van der Waals surface area contributed by atoms with E-state index in [-0.39, 0.29) is 0 Å². The number of methoxy groups -OCH3 is 2. The smallest absolute Gasteiger partial charge is 0.118 e. The lowest BCUT2D eigenvalue weighted by Gasteiger charge is -2.21. The Labute approximate surface area is 181 Å². The summed E-state index contributed by atoms with van der Waals surface area (Å²) in [4.78, 5) is 5.34. The third-order valence-electron chi connectivity index (χ3n) is 6.84. The molecule has 2 aromatic carbocycles. The molecule has 0 spiro atoms. The Morgan fingerprint density at radius 1 is 0.667 bits per heavy atom. The standard InChI is InChI=1S/C26H36N2O2/c1-29-25-7-3-21(4-8-25)17-23-11-13-27(19-23)15-16-28-14-12-24(20-28)18-22-5-9-26(30-2)10-6-22/h3-10,23-24H,11-20H2,1-2H3. The van der Waals surface area contributed by atoms with E-state index in [1.54, 1.807) is 14.2 Å². The molecule has 2 aliphatic heterocycles. The van der Waals surface area contributed by atoms with Crippen molar-refractivity contribution < 1.29 is 9.47 Å². The summed E-state index contributed by atoms with van der Waals surface area (Å²) in [7, 11) is 3.46.